The highest BCUT2D eigenvalue weighted by Crippen LogP contribution is 2.26. The second-order valence-corrected chi connectivity index (χ2v) is 5.79. The molecule has 0 saturated carbocycles. The van der Waals surface area contributed by atoms with E-state index in [0.29, 0.717) is 28.6 Å². The Labute approximate surface area is 156 Å². The summed E-state index contributed by atoms with van der Waals surface area (Å²) >= 11 is 0. The van der Waals surface area contributed by atoms with Gasteiger partial charge in [-0.2, -0.15) is 5.10 Å². The molecule has 134 valence electrons. The van der Waals surface area contributed by atoms with Gasteiger partial charge in [0.15, 0.2) is 5.76 Å². The van der Waals surface area contributed by atoms with Crippen LogP contribution in [0.25, 0.3) is 17.1 Å². The molecule has 1 amide bonds. The van der Waals surface area contributed by atoms with Crippen LogP contribution in [0.3, 0.4) is 0 Å². The van der Waals surface area contributed by atoms with Gasteiger partial charge < -0.3 is 14.5 Å². The van der Waals surface area contributed by atoms with Crippen molar-refractivity contribution in [2.45, 2.75) is 0 Å². The van der Waals surface area contributed by atoms with Crippen LogP contribution in [-0.2, 0) is 0 Å². The van der Waals surface area contributed by atoms with Crippen molar-refractivity contribution in [3.8, 4) is 22.9 Å². The van der Waals surface area contributed by atoms with E-state index in [1.165, 1.54) is 0 Å². The standard InChI is InChI=1S/C21H17N3O3/c1-26-19-11-6-5-10-16(19)22-21(25)18-14-17(20-12-7-13-27-20)23-24(18)15-8-3-2-4-9-15/h2-14H,1H3,(H,22,25). The third-order valence-electron chi connectivity index (χ3n) is 4.07. The van der Waals surface area contributed by atoms with Crippen LogP contribution in [-0.4, -0.2) is 22.8 Å². The molecule has 6 heteroatoms. The molecule has 2 heterocycles. The highest BCUT2D eigenvalue weighted by Gasteiger charge is 2.19. The van der Waals surface area contributed by atoms with Crippen molar-refractivity contribution in [2.24, 2.45) is 0 Å². The van der Waals surface area contributed by atoms with E-state index < -0.39 is 0 Å². The minimum absolute atomic E-state index is 0.298. The van der Waals surface area contributed by atoms with Gasteiger partial charge in [0.2, 0.25) is 0 Å². The predicted molar refractivity (Wildman–Crippen MR) is 102 cm³/mol. The van der Waals surface area contributed by atoms with Crippen molar-refractivity contribution in [3.05, 3.63) is 84.8 Å². The van der Waals surface area contributed by atoms with E-state index >= 15 is 0 Å². The van der Waals surface area contributed by atoms with Crippen molar-refractivity contribution in [3.63, 3.8) is 0 Å². The summed E-state index contributed by atoms with van der Waals surface area (Å²) in [5.74, 6) is 0.882. The molecule has 0 spiro atoms. The molecule has 0 saturated heterocycles. The number of anilines is 1. The number of furan rings is 1. The van der Waals surface area contributed by atoms with Gasteiger partial charge in [-0.05, 0) is 36.4 Å². The van der Waals surface area contributed by atoms with E-state index in [4.69, 9.17) is 9.15 Å². The van der Waals surface area contributed by atoms with Gasteiger partial charge in [0.1, 0.15) is 17.1 Å². The fraction of sp³-hybridized carbons (Fsp3) is 0.0476. The maximum Gasteiger partial charge on any atom is 0.274 e. The van der Waals surface area contributed by atoms with Crippen molar-refractivity contribution in [1.29, 1.82) is 0 Å². The van der Waals surface area contributed by atoms with Crippen molar-refractivity contribution in [1.82, 2.24) is 9.78 Å². The number of nitrogens with zero attached hydrogens (tertiary/aromatic N) is 2. The molecule has 0 radical (unpaired) electrons. The van der Waals surface area contributed by atoms with Crippen LogP contribution in [0.4, 0.5) is 5.69 Å². The van der Waals surface area contributed by atoms with Crippen molar-refractivity contribution in [2.75, 3.05) is 12.4 Å². The molecule has 0 aliphatic carbocycles. The Balaban J connectivity index is 1.75. The Morgan fingerprint density at radius 3 is 2.56 bits per heavy atom. The first-order valence-electron chi connectivity index (χ1n) is 8.40. The Bertz CT molecular complexity index is 1050. The van der Waals surface area contributed by atoms with Crippen molar-refractivity contribution < 1.29 is 13.9 Å². The maximum atomic E-state index is 13.0. The molecule has 4 aromatic rings. The van der Waals surface area contributed by atoms with Gasteiger partial charge in [-0.15, -0.1) is 0 Å². The van der Waals surface area contributed by atoms with Gasteiger partial charge in [0, 0.05) is 6.07 Å². The summed E-state index contributed by atoms with van der Waals surface area (Å²) in [6.07, 6.45) is 1.57. The quantitative estimate of drug-likeness (QED) is 0.574. The number of nitrogens with one attached hydrogen (secondary N) is 1. The summed E-state index contributed by atoms with van der Waals surface area (Å²) in [5.41, 5.74) is 2.33. The van der Waals surface area contributed by atoms with E-state index in [9.17, 15) is 4.79 Å². The Morgan fingerprint density at radius 2 is 1.81 bits per heavy atom. The fourth-order valence-corrected chi connectivity index (χ4v) is 2.79. The highest BCUT2D eigenvalue weighted by molar-refractivity contribution is 6.04. The number of amides is 1. The molecule has 0 unspecified atom stereocenters. The van der Waals surface area contributed by atoms with Crippen LogP contribution in [0.1, 0.15) is 10.5 Å². The number of ether oxygens (including phenoxy) is 1. The third kappa shape index (κ3) is 3.32. The maximum absolute atomic E-state index is 13.0. The molecule has 2 aromatic heterocycles. The summed E-state index contributed by atoms with van der Waals surface area (Å²) < 4.78 is 12.3. The minimum atomic E-state index is -0.298. The summed E-state index contributed by atoms with van der Waals surface area (Å²) in [7, 11) is 1.56. The summed E-state index contributed by atoms with van der Waals surface area (Å²) in [6.45, 7) is 0. The second kappa shape index (κ2) is 7.21. The van der Waals surface area contributed by atoms with Crippen LogP contribution >= 0.6 is 0 Å². The van der Waals surface area contributed by atoms with E-state index in [1.807, 2.05) is 42.5 Å². The van der Waals surface area contributed by atoms with E-state index in [2.05, 4.69) is 10.4 Å². The summed E-state index contributed by atoms with van der Waals surface area (Å²) in [6, 6.07) is 22.0. The van der Waals surface area contributed by atoms with Gasteiger partial charge in [0.25, 0.3) is 5.91 Å². The molecule has 0 aliphatic rings. The van der Waals surface area contributed by atoms with Gasteiger partial charge in [-0.25, -0.2) is 4.68 Å². The number of aromatic nitrogens is 2. The number of methoxy groups -OCH3 is 1. The lowest BCUT2D eigenvalue weighted by atomic mass is 10.2. The smallest absolute Gasteiger partial charge is 0.274 e. The van der Waals surface area contributed by atoms with E-state index in [-0.39, 0.29) is 5.91 Å². The third-order valence-corrected chi connectivity index (χ3v) is 4.07. The summed E-state index contributed by atoms with van der Waals surface area (Å²) in [5, 5.41) is 7.45. The number of benzene rings is 2. The largest absolute Gasteiger partial charge is 0.495 e. The predicted octanol–water partition coefficient (Wildman–Crippen LogP) is 4.39. The lowest BCUT2D eigenvalue weighted by Crippen LogP contribution is -2.17. The number of para-hydroxylation sites is 3. The van der Waals surface area contributed by atoms with Gasteiger partial charge in [-0.3, -0.25) is 4.79 Å². The Hall–Kier alpha value is -3.80. The number of hydrogen-bond donors (Lipinski definition) is 1. The lowest BCUT2D eigenvalue weighted by Gasteiger charge is -2.11. The SMILES string of the molecule is COc1ccccc1NC(=O)c1cc(-c2ccco2)nn1-c1ccccc1. The molecule has 2 aromatic carbocycles. The number of carbonyl (C=O) groups is 1. The van der Waals surface area contributed by atoms with Crippen molar-refractivity contribution >= 4 is 11.6 Å². The first-order valence-corrected chi connectivity index (χ1v) is 8.40. The molecular formula is C21H17N3O3. The number of carbonyl (C=O) groups excluding carboxylic acids is 1. The molecule has 4 rings (SSSR count). The average Bonchev–Trinajstić information content (AvgIpc) is 3.39. The second-order valence-electron chi connectivity index (χ2n) is 5.79. The molecule has 0 bridgehead atoms. The van der Waals surface area contributed by atoms with Crippen LogP contribution < -0.4 is 10.1 Å². The normalized spacial score (nSPS) is 10.6. The van der Waals surface area contributed by atoms with E-state index in [0.717, 1.165) is 5.69 Å². The Kier molecular flexibility index (Phi) is 4.45. The van der Waals surface area contributed by atoms with Crippen LogP contribution in [0.5, 0.6) is 5.75 Å². The molecular weight excluding hydrogens is 342 g/mol. The molecule has 0 fully saturated rings. The molecule has 0 atom stereocenters. The topological polar surface area (TPSA) is 69.3 Å². The highest BCUT2D eigenvalue weighted by atomic mass is 16.5. The zero-order valence-electron chi connectivity index (χ0n) is 14.6. The van der Waals surface area contributed by atoms with Crippen LogP contribution in [0, 0.1) is 0 Å². The first kappa shape index (κ1) is 16.7. The zero-order chi connectivity index (χ0) is 18.6. The van der Waals surface area contributed by atoms with Gasteiger partial charge in [-0.1, -0.05) is 30.3 Å². The zero-order valence-corrected chi connectivity index (χ0v) is 14.6. The van der Waals surface area contributed by atoms with Crippen LogP contribution in [0.2, 0.25) is 0 Å². The van der Waals surface area contributed by atoms with Crippen LogP contribution in [0.15, 0.2) is 83.5 Å². The molecule has 0 aliphatic heterocycles. The first-order chi connectivity index (χ1) is 13.3. The fourth-order valence-electron chi connectivity index (χ4n) is 2.79. The molecule has 1 N–H and O–H groups in total. The average molecular weight is 359 g/mol. The lowest BCUT2D eigenvalue weighted by molar-refractivity contribution is 0.101. The van der Waals surface area contributed by atoms with Gasteiger partial charge >= 0.3 is 0 Å². The Morgan fingerprint density at radius 1 is 1.04 bits per heavy atom. The molecule has 27 heavy (non-hydrogen) atoms. The number of rotatable bonds is 5. The number of hydrogen-bond acceptors (Lipinski definition) is 4. The molecule has 6 nitrogen and oxygen atoms in total. The van der Waals surface area contributed by atoms with E-state index in [1.54, 1.807) is 48.4 Å². The summed E-state index contributed by atoms with van der Waals surface area (Å²) in [4.78, 5) is 13.0. The van der Waals surface area contributed by atoms with Gasteiger partial charge in [0.05, 0.1) is 24.7 Å². The monoisotopic (exact) mass is 359 g/mol. The minimum Gasteiger partial charge on any atom is -0.495 e.